The first-order valence-electron chi connectivity index (χ1n) is 6.56. The van der Waals surface area contributed by atoms with Crippen LogP contribution >= 0.6 is 0 Å². The topological polar surface area (TPSA) is 74.7 Å². The highest BCUT2D eigenvalue weighted by Gasteiger charge is 2.09. The van der Waals surface area contributed by atoms with Crippen LogP contribution in [-0.4, -0.2) is 21.7 Å². The monoisotopic (exact) mass is 284 g/mol. The van der Waals surface area contributed by atoms with E-state index in [0.29, 0.717) is 23.9 Å². The molecule has 0 aliphatic rings. The molecular weight excluding hydrogens is 268 g/mol. The molecule has 3 rings (SSSR count). The molecule has 0 aliphatic heterocycles. The molecule has 0 bridgehead atoms. The van der Waals surface area contributed by atoms with Gasteiger partial charge in [0.1, 0.15) is 17.0 Å². The first-order valence-corrected chi connectivity index (χ1v) is 6.56. The van der Waals surface area contributed by atoms with Gasteiger partial charge in [-0.25, -0.2) is 9.50 Å². The van der Waals surface area contributed by atoms with Crippen molar-refractivity contribution >= 4 is 5.52 Å². The fraction of sp³-hybridized carbons (Fsp3) is 0.200. The quantitative estimate of drug-likeness (QED) is 0.795. The molecule has 0 radical (unpaired) electrons. The molecule has 0 saturated heterocycles. The molecule has 1 aromatic carbocycles. The third-order valence-corrected chi connectivity index (χ3v) is 3.10. The van der Waals surface area contributed by atoms with Gasteiger partial charge in [-0.05, 0) is 30.7 Å². The molecule has 0 fully saturated rings. The van der Waals surface area contributed by atoms with E-state index in [0.717, 1.165) is 16.8 Å². The number of hydrogen-bond donors (Lipinski definition) is 1. The van der Waals surface area contributed by atoms with Gasteiger partial charge in [-0.15, -0.1) is 0 Å². The predicted molar refractivity (Wildman–Crippen MR) is 78.7 cm³/mol. The smallest absolute Gasteiger partial charge is 0.245 e. The average molecular weight is 284 g/mol. The Labute approximate surface area is 122 Å². The Balaban J connectivity index is 2.02. The highest BCUT2D eigenvalue weighted by atomic mass is 16.5. The van der Waals surface area contributed by atoms with Crippen LogP contribution in [0.1, 0.15) is 11.3 Å². The minimum atomic E-state index is 0.414. The number of hydrogen-bond acceptors (Lipinski definition) is 5. The molecule has 0 aliphatic carbocycles. The molecule has 0 unspecified atom stereocenters. The zero-order valence-corrected chi connectivity index (χ0v) is 11.9. The lowest BCUT2D eigenvalue weighted by atomic mass is 10.2. The number of nitrogens with zero attached hydrogens (tertiary/aromatic N) is 3. The molecule has 0 atom stereocenters. The van der Waals surface area contributed by atoms with Crippen LogP contribution in [0.4, 0.5) is 0 Å². The van der Waals surface area contributed by atoms with Crippen molar-refractivity contribution in [2.45, 2.75) is 13.5 Å². The Bertz CT molecular complexity index is 760. The van der Waals surface area contributed by atoms with Crippen molar-refractivity contribution in [1.29, 1.82) is 0 Å². The van der Waals surface area contributed by atoms with Crippen molar-refractivity contribution in [2.75, 3.05) is 7.11 Å². The molecular formula is C15H16N4O2. The van der Waals surface area contributed by atoms with Gasteiger partial charge in [0.05, 0.1) is 12.8 Å². The summed E-state index contributed by atoms with van der Waals surface area (Å²) in [7, 11) is 1.61. The van der Waals surface area contributed by atoms with Gasteiger partial charge in [0.25, 0.3) is 0 Å². The largest absolute Gasteiger partial charge is 0.497 e. The molecule has 0 spiro atoms. The number of nitrogens with two attached hydrogens (primary N) is 1. The van der Waals surface area contributed by atoms with Gasteiger partial charge in [-0.2, -0.15) is 5.10 Å². The van der Waals surface area contributed by atoms with E-state index in [1.807, 2.05) is 25.1 Å². The lowest BCUT2D eigenvalue weighted by Crippen LogP contribution is -1.99. The van der Waals surface area contributed by atoms with Gasteiger partial charge in [0.15, 0.2) is 0 Å². The molecule has 21 heavy (non-hydrogen) atoms. The molecule has 2 aromatic heterocycles. The van der Waals surface area contributed by atoms with Gasteiger partial charge in [-0.3, -0.25) is 0 Å². The first-order chi connectivity index (χ1) is 10.2. The molecule has 2 N–H and O–H groups in total. The molecule has 6 heteroatoms. The van der Waals surface area contributed by atoms with Crippen molar-refractivity contribution in [3.8, 4) is 17.4 Å². The first kappa shape index (κ1) is 13.4. The van der Waals surface area contributed by atoms with Crippen LogP contribution in [0.2, 0.25) is 0 Å². The van der Waals surface area contributed by atoms with Crippen LogP contribution in [0, 0.1) is 6.92 Å². The Morgan fingerprint density at radius 3 is 2.76 bits per heavy atom. The van der Waals surface area contributed by atoms with Gasteiger partial charge in [-0.1, -0.05) is 0 Å². The van der Waals surface area contributed by atoms with E-state index in [4.69, 9.17) is 15.2 Å². The Morgan fingerprint density at radius 2 is 2.00 bits per heavy atom. The van der Waals surface area contributed by atoms with Crippen LogP contribution < -0.4 is 15.2 Å². The maximum absolute atomic E-state index is 5.88. The maximum Gasteiger partial charge on any atom is 0.245 e. The van der Waals surface area contributed by atoms with Crippen molar-refractivity contribution in [3.05, 3.63) is 47.9 Å². The standard InChI is InChI=1S/C15H16N4O2/c1-10-5-14-15(17-3-4-19(14)18-10)21-13-7-11(9-16)6-12(8-13)20-2/h3-8H,9,16H2,1-2H3. The van der Waals surface area contributed by atoms with Gasteiger partial charge in [0.2, 0.25) is 5.88 Å². The second-order valence-electron chi connectivity index (χ2n) is 4.67. The molecule has 0 amide bonds. The molecule has 108 valence electrons. The predicted octanol–water partition coefficient (Wildman–Crippen LogP) is 2.30. The summed E-state index contributed by atoms with van der Waals surface area (Å²) in [6.45, 7) is 2.34. The van der Waals surface area contributed by atoms with E-state index in [-0.39, 0.29) is 0 Å². The average Bonchev–Trinajstić information content (AvgIpc) is 2.88. The lowest BCUT2D eigenvalue weighted by molar-refractivity contribution is 0.407. The summed E-state index contributed by atoms with van der Waals surface area (Å²) >= 11 is 0. The number of methoxy groups -OCH3 is 1. The van der Waals surface area contributed by atoms with E-state index < -0.39 is 0 Å². The summed E-state index contributed by atoms with van der Waals surface area (Å²) in [5.74, 6) is 1.83. The SMILES string of the molecule is COc1cc(CN)cc(Oc2nccn3nc(C)cc23)c1. The Morgan fingerprint density at radius 1 is 1.19 bits per heavy atom. The van der Waals surface area contributed by atoms with E-state index >= 15 is 0 Å². The van der Waals surface area contributed by atoms with Crippen molar-refractivity contribution in [2.24, 2.45) is 5.73 Å². The van der Waals surface area contributed by atoms with E-state index in [1.54, 1.807) is 30.1 Å². The third-order valence-electron chi connectivity index (χ3n) is 3.10. The number of fused-ring (bicyclic) bond motifs is 1. The Hall–Kier alpha value is -2.60. The summed E-state index contributed by atoms with van der Waals surface area (Å²) in [5, 5.41) is 4.33. The minimum Gasteiger partial charge on any atom is -0.497 e. The lowest BCUT2D eigenvalue weighted by Gasteiger charge is -2.09. The van der Waals surface area contributed by atoms with Crippen LogP contribution in [0.15, 0.2) is 36.7 Å². The molecule has 6 nitrogen and oxygen atoms in total. The van der Waals surface area contributed by atoms with Gasteiger partial charge >= 0.3 is 0 Å². The van der Waals surface area contributed by atoms with Crippen LogP contribution in [0.5, 0.6) is 17.4 Å². The zero-order chi connectivity index (χ0) is 14.8. The van der Waals surface area contributed by atoms with Crippen molar-refractivity contribution < 1.29 is 9.47 Å². The fourth-order valence-electron chi connectivity index (χ4n) is 2.14. The summed E-state index contributed by atoms with van der Waals surface area (Å²) in [5.41, 5.74) is 8.34. The van der Waals surface area contributed by atoms with E-state index in [9.17, 15) is 0 Å². The third kappa shape index (κ3) is 2.66. The number of rotatable bonds is 4. The van der Waals surface area contributed by atoms with Gasteiger partial charge < -0.3 is 15.2 Å². The van der Waals surface area contributed by atoms with Crippen LogP contribution in [0.25, 0.3) is 5.52 Å². The molecule has 3 aromatic rings. The van der Waals surface area contributed by atoms with Crippen LogP contribution in [0.3, 0.4) is 0 Å². The summed E-state index contributed by atoms with van der Waals surface area (Å²) in [6, 6.07) is 7.47. The van der Waals surface area contributed by atoms with E-state index in [2.05, 4.69) is 10.1 Å². The van der Waals surface area contributed by atoms with Crippen LogP contribution in [-0.2, 0) is 6.54 Å². The second kappa shape index (κ2) is 5.41. The molecule has 0 saturated carbocycles. The zero-order valence-electron chi connectivity index (χ0n) is 11.9. The highest BCUT2D eigenvalue weighted by molar-refractivity contribution is 5.57. The number of aromatic nitrogens is 3. The number of ether oxygens (including phenoxy) is 2. The number of aryl methyl sites for hydroxylation is 1. The maximum atomic E-state index is 5.88. The summed E-state index contributed by atoms with van der Waals surface area (Å²) in [4.78, 5) is 4.27. The minimum absolute atomic E-state index is 0.414. The van der Waals surface area contributed by atoms with Gasteiger partial charge in [0, 0.05) is 25.0 Å². The normalized spacial score (nSPS) is 10.8. The summed E-state index contributed by atoms with van der Waals surface area (Å²) < 4.78 is 12.9. The Kier molecular flexibility index (Phi) is 3.45. The number of benzene rings is 1. The fourth-order valence-corrected chi connectivity index (χ4v) is 2.14. The highest BCUT2D eigenvalue weighted by Crippen LogP contribution is 2.28. The summed E-state index contributed by atoms with van der Waals surface area (Å²) in [6.07, 6.45) is 3.44. The van der Waals surface area contributed by atoms with Crippen molar-refractivity contribution in [3.63, 3.8) is 0 Å². The van der Waals surface area contributed by atoms with Crippen molar-refractivity contribution in [1.82, 2.24) is 14.6 Å². The second-order valence-corrected chi connectivity index (χ2v) is 4.67. The van der Waals surface area contributed by atoms with E-state index in [1.165, 1.54) is 0 Å². The molecule has 2 heterocycles.